The van der Waals surface area contributed by atoms with Crippen LogP contribution in [0.25, 0.3) is 0 Å². The Balaban J connectivity index is 2.16. The molecule has 0 spiro atoms. The van der Waals surface area contributed by atoms with Crippen molar-refractivity contribution in [3.63, 3.8) is 0 Å². The molecule has 0 amide bonds. The first-order chi connectivity index (χ1) is 7.81. The quantitative estimate of drug-likeness (QED) is 0.856. The third kappa shape index (κ3) is 2.01. The largest absolute Gasteiger partial charge is 0.380 e. The smallest absolute Gasteiger partial charge is 0.143 e. The van der Waals surface area contributed by atoms with E-state index in [2.05, 4.69) is 15.0 Å². The summed E-state index contributed by atoms with van der Waals surface area (Å²) >= 11 is 0. The highest BCUT2D eigenvalue weighted by Gasteiger charge is 2.07. The van der Waals surface area contributed by atoms with Gasteiger partial charge in [-0.1, -0.05) is 11.2 Å². The van der Waals surface area contributed by atoms with Gasteiger partial charge >= 0.3 is 0 Å². The van der Waals surface area contributed by atoms with E-state index < -0.39 is 5.82 Å². The van der Waals surface area contributed by atoms with Crippen LogP contribution in [0.3, 0.4) is 0 Å². The summed E-state index contributed by atoms with van der Waals surface area (Å²) in [5, 5.41) is 15.3. The highest BCUT2D eigenvalue weighted by molar-refractivity contribution is 5.57. The maximum absolute atomic E-state index is 13.2. The van der Waals surface area contributed by atoms with Crippen LogP contribution in [-0.4, -0.2) is 5.16 Å². The fraction of sp³-hybridized carbons (Fsp3) is 0.0909. The van der Waals surface area contributed by atoms with E-state index in [-0.39, 0.29) is 5.56 Å². The van der Waals surface area contributed by atoms with Crippen LogP contribution in [-0.2, 0) is 6.54 Å². The van der Waals surface area contributed by atoms with Crippen molar-refractivity contribution in [2.45, 2.75) is 6.54 Å². The van der Waals surface area contributed by atoms with Gasteiger partial charge in [-0.25, -0.2) is 4.39 Å². The van der Waals surface area contributed by atoms with Gasteiger partial charge in [0.1, 0.15) is 23.7 Å². The number of hydrogen-bond donors (Lipinski definition) is 1. The molecule has 0 aliphatic carbocycles. The lowest BCUT2D eigenvalue weighted by molar-refractivity contribution is 0.419. The molecule has 0 atom stereocenters. The molecule has 0 saturated carbocycles. The van der Waals surface area contributed by atoms with E-state index in [0.717, 1.165) is 5.56 Å². The number of rotatable bonds is 3. The molecular formula is C11H8FN3O. The molecule has 2 rings (SSSR count). The van der Waals surface area contributed by atoms with Crippen LogP contribution < -0.4 is 5.32 Å². The van der Waals surface area contributed by atoms with Gasteiger partial charge in [0.2, 0.25) is 0 Å². The maximum Gasteiger partial charge on any atom is 0.143 e. The standard InChI is InChI=1S/C11H8FN3O/c12-10-2-1-3-11(9(10)4-13)14-5-8-6-15-16-7-8/h1-3,6-7,14H,5H2. The second-order valence-electron chi connectivity index (χ2n) is 3.16. The molecule has 1 aromatic heterocycles. The predicted molar refractivity (Wildman–Crippen MR) is 54.9 cm³/mol. The van der Waals surface area contributed by atoms with Gasteiger partial charge in [0.25, 0.3) is 0 Å². The molecule has 1 N–H and O–H groups in total. The van der Waals surface area contributed by atoms with Crippen LogP contribution >= 0.6 is 0 Å². The SMILES string of the molecule is N#Cc1c(F)cccc1NCc1cnoc1. The Morgan fingerprint density at radius 2 is 2.38 bits per heavy atom. The first-order valence-electron chi connectivity index (χ1n) is 4.62. The normalized spacial score (nSPS) is 9.75. The van der Waals surface area contributed by atoms with E-state index >= 15 is 0 Å². The first kappa shape index (κ1) is 10.2. The third-order valence-corrected chi connectivity index (χ3v) is 2.09. The molecule has 1 heterocycles. The molecule has 0 unspecified atom stereocenters. The summed E-state index contributed by atoms with van der Waals surface area (Å²) in [4.78, 5) is 0. The average Bonchev–Trinajstić information content (AvgIpc) is 2.79. The monoisotopic (exact) mass is 217 g/mol. The van der Waals surface area contributed by atoms with Crippen molar-refractivity contribution in [2.24, 2.45) is 0 Å². The van der Waals surface area contributed by atoms with E-state index in [0.29, 0.717) is 12.2 Å². The van der Waals surface area contributed by atoms with E-state index in [1.807, 2.05) is 6.07 Å². The molecule has 0 radical (unpaired) electrons. The van der Waals surface area contributed by atoms with Gasteiger partial charge in [-0.3, -0.25) is 0 Å². The summed E-state index contributed by atoms with van der Waals surface area (Å²) < 4.78 is 17.9. The van der Waals surface area contributed by atoms with Gasteiger partial charge in [0, 0.05) is 12.1 Å². The minimum atomic E-state index is -0.530. The number of anilines is 1. The molecule has 1 aromatic carbocycles. The molecule has 0 bridgehead atoms. The fourth-order valence-electron chi connectivity index (χ4n) is 1.30. The Hall–Kier alpha value is -2.35. The zero-order valence-corrected chi connectivity index (χ0v) is 8.27. The van der Waals surface area contributed by atoms with Crippen LogP contribution in [0.4, 0.5) is 10.1 Å². The van der Waals surface area contributed by atoms with E-state index in [1.54, 1.807) is 18.3 Å². The molecule has 0 aliphatic heterocycles. The van der Waals surface area contributed by atoms with E-state index in [4.69, 9.17) is 5.26 Å². The van der Waals surface area contributed by atoms with Gasteiger partial charge in [-0.05, 0) is 12.1 Å². The maximum atomic E-state index is 13.2. The second-order valence-corrected chi connectivity index (χ2v) is 3.16. The topological polar surface area (TPSA) is 61.9 Å². The van der Waals surface area contributed by atoms with Gasteiger partial charge in [-0.15, -0.1) is 0 Å². The van der Waals surface area contributed by atoms with Crippen molar-refractivity contribution in [1.29, 1.82) is 5.26 Å². The lowest BCUT2D eigenvalue weighted by Crippen LogP contribution is -2.01. The molecule has 2 aromatic rings. The summed E-state index contributed by atoms with van der Waals surface area (Å²) in [5.41, 5.74) is 1.30. The Bertz CT molecular complexity index is 517. The van der Waals surface area contributed by atoms with E-state index in [1.165, 1.54) is 12.3 Å². The van der Waals surface area contributed by atoms with Crippen molar-refractivity contribution in [1.82, 2.24) is 5.16 Å². The van der Waals surface area contributed by atoms with Gasteiger partial charge in [0.05, 0.1) is 11.9 Å². The summed E-state index contributed by atoms with van der Waals surface area (Å²) in [7, 11) is 0. The lowest BCUT2D eigenvalue weighted by atomic mass is 10.2. The van der Waals surface area contributed by atoms with Crippen LogP contribution in [0.5, 0.6) is 0 Å². The Morgan fingerprint density at radius 1 is 1.50 bits per heavy atom. The highest BCUT2D eigenvalue weighted by atomic mass is 19.1. The number of aromatic nitrogens is 1. The predicted octanol–water partition coefficient (Wildman–Crippen LogP) is 2.30. The van der Waals surface area contributed by atoms with Crippen LogP contribution in [0, 0.1) is 17.1 Å². The number of hydrogen-bond acceptors (Lipinski definition) is 4. The number of nitriles is 1. The van der Waals surface area contributed by atoms with Crippen molar-refractivity contribution in [3.05, 3.63) is 47.6 Å². The zero-order valence-electron chi connectivity index (χ0n) is 8.27. The Morgan fingerprint density at radius 3 is 3.06 bits per heavy atom. The molecule has 4 nitrogen and oxygen atoms in total. The number of nitrogens with zero attached hydrogens (tertiary/aromatic N) is 2. The molecule has 80 valence electrons. The number of halogens is 1. The summed E-state index contributed by atoms with van der Waals surface area (Å²) in [6.45, 7) is 0.432. The van der Waals surface area contributed by atoms with Gasteiger partial charge < -0.3 is 9.84 Å². The van der Waals surface area contributed by atoms with Crippen LogP contribution in [0.15, 0.2) is 35.2 Å². The first-order valence-corrected chi connectivity index (χ1v) is 4.62. The third-order valence-electron chi connectivity index (χ3n) is 2.09. The number of benzene rings is 1. The number of nitrogens with one attached hydrogen (secondary N) is 1. The second kappa shape index (κ2) is 4.45. The van der Waals surface area contributed by atoms with E-state index in [9.17, 15) is 4.39 Å². The minimum absolute atomic E-state index is 0.0129. The molecule has 5 heteroatoms. The zero-order chi connectivity index (χ0) is 11.4. The Kier molecular flexibility index (Phi) is 2.83. The molecule has 0 fully saturated rings. The molecule has 0 saturated heterocycles. The van der Waals surface area contributed by atoms with Crippen LogP contribution in [0.1, 0.15) is 11.1 Å². The fourth-order valence-corrected chi connectivity index (χ4v) is 1.30. The Labute approximate surface area is 91.3 Å². The van der Waals surface area contributed by atoms with Gasteiger partial charge in [0.15, 0.2) is 0 Å². The highest BCUT2D eigenvalue weighted by Crippen LogP contribution is 2.18. The van der Waals surface area contributed by atoms with Crippen LogP contribution in [0.2, 0.25) is 0 Å². The molecule has 16 heavy (non-hydrogen) atoms. The van der Waals surface area contributed by atoms with Crippen molar-refractivity contribution < 1.29 is 8.91 Å². The molecule has 0 aliphatic rings. The molecular weight excluding hydrogens is 209 g/mol. The summed E-state index contributed by atoms with van der Waals surface area (Å²) in [6, 6.07) is 6.27. The summed E-state index contributed by atoms with van der Waals surface area (Å²) in [5.74, 6) is -0.530. The van der Waals surface area contributed by atoms with Gasteiger partial charge in [-0.2, -0.15) is 5.26 Å². The van der Waals surface area contributed by atoms with Crippen molar-refractivity contribution in [3.8, 4) is 6.07 Å². The van der Waals surface area contributed by atoms with Crippen molar-refractivity contribution in [2.75, 3.05) is 5.32 Å². The lowest BCUT2D eigenvalue weighted by Gasteiger charge is -2.06. The summed E-state index contributed by atoms with van der Waals surface area (Å²) in [6.07, 6.45) is 3.04. The average molecular weight is 217 g/mol. The van der Waals surface area contributed by atoms with Crippen molar-refractivity contribution >= 4 is 5.69 Å². The minimum Gasteiger partial charge on any atom is -0.380 e.